The number of para-hydroxylation sites is 1. The van der Waals surface area contributed by atoms with E-state index in [1.54, 1.807) is 5.57 Å². The van der Waals surface area contributed by atoms with Crippen molar-refractivity contribution in [3.05, 3.63) is 119 Å². The molecule has 5 heteroatoms. The van der Waals surface area contributed by atoms with Crippen LogP contribution >= 0.6 is 0 Å². The first-order chi connectivity index (χ1) is 25.7. The zero-order valence-electron chi connectivity index (χ0n) is 34.7. The van der Waals surface area contributed by atoms with Crippen molar-refractivity contribution in [1.82, 2.24) is 19.3 Å². The van der Waals surface area contributed by atoms with Gasteiger partial charge >= 0.3 is 0 Å². The molecule has 0 saturated heterocycles. The maximum absolute atomic E-state index is 6.86. The van der Waals surface area contributed by atoms with Gasteiger partial charge in [-0.2, -0.15) is 5.10 Å². The minimum Gasteiger partial charge on any atom is -0.457 e. The van der Waals surface area contributed by atoms with Crippen LogP contribution in [0, 0.1) is 43.4 Å². The van der Waals surface area contributed by atoms with Gasteiger partial charge in [0.05, 0.1) is 22.4 Å². The molecule has 0 radical (unpaired) electrons. The van der Waals surface area contributed by atoms with Crippen LogP contribution in [0.2, 0.25) is 0 Å². The van der Waals surface area contributed by atoms with Gasteiger partial charge in [-0.05, 0) is 115 Å². The molecule has 1 aliphatic rings. The summed E-state index contributed by atoms with van der Waals surface area (Å²) in [5.74, 6) is 5.75. The highest BCUT2D eigenvalue weighted by Crippen LogP contribution is 2.50. The Bertz CT molecular complexity index is 2340. The van der Waals surface area contributed by atoms with Crippen LogP contribution in [0.15, 0.2) is 90.6 Å². The highest BCUT2D eigenvalue weighted by atomic mass is 16.5. The molecule has 3 aromatic heterocycles. The first kappa shape index (κ1) is 37.7. The van der Waals surface area contributed by atoms with Gasteiger partial charge in [-0.15, -0.1) is 0 Å². The number of aromatic nitrogens is 4. The summed E-state index contributed by atoms with van der Waals surface area (Å²) >= 11 is 0. The SMILES string of the molecule is CCc1ccnc(-n2c3ccccc3c3ccc(Oc4cc(-n5nc(C)c(C6C(C(C)C)=C[C@H](C(C)C)C[C@@H]6C(C)C)c5C)cc(C(C)(C)C)c4)cc32)c1. The van der Waals surface area contributed by atoms with Crippen molar-refractivity contribution in [2.75, 3.05) is 0 Å². The number of fused-ring (bicyclic) bond motifs is 3. The van der Waals surface area contributed by atoms with Crippen molar-refractivity contribution in [2.24, 2.45) is 29.6 Å². The van der Waals surface area contributed by atoms with E-state index in [-0.39, 0.29) is 5.41 Å². The van der Waals surface area contributed by atoms with Crippen LogP contribution in [0.4, 0.5) is 0 Å². The number of rotatable bonds is 9. The molecule has 282 valence electrons. The summed E-state index contributed by atoms with van der Waals surface area (Å²) in [6.45, 7) is 27.8. The van der Waals surface area contributed by atoms with Crippen molar-refractivity contribution in [3.63, 3.8) is 0 Å². The molecule has 0 bridgehead atoms. The summed E-state index contributed by atoms with van der Waals surface area (Å²) in [5.41, 5.74) is 11.0. The summed E-state index contributed by atoms with van der Waals surface area (Å²) < 4.78 is 11.3. The first-order valence-electron chi connectivity index (χ1n) is 20.3. The molecule has 1 aliphatic carbocycles. The van der Waals surface area contributed by atoms with Gasteiger partial charge in [0.25, 0.3) is 0 Å². The molecule has 0 amide bonds. The Morgan fingerprint density at radius 2 is 1.56 bits per heavy atom. The van der Waals surface area contributed by atoms with Crippen molar-refractivity contribution in [1.29, 1.82) is 0 Å². The molecule has 7 rings (SSSR count). The maximum Gasteiger partial charge on any atom is 0.137 e. The lowest BCUT2D eigenvalue weighted by Crippen LogP contribution is -2.31. The summed E-state index contributed by atoms with van der Waals surface area (Å²) in [4.78, 5) is 4.83. The van der Waals surface area contributed by atoms with Gasteiger partial charge < -0.3 is 4.74 Å². The fourth-order valence-corrected chi connectivity index (χ4v) is 8.92. The lowest BCUT2D eigenvalue weighted by molar-refractivity contribution is 0.232. The molecule has 5 nitrogen and oxygen atoms in total. The zero-order chi connectivity index (χ0) is 38.6. The third-order valence-corrected chi connectivity index (χ3v) is 12.1. The Hall–Kier alpha value is -4.64. The van der Waals surface area contributed by atoms with Crippen LogP contribution in [0.1, 0.15) is 110 Å². The molecule has 0 aliphatic heterocycles. The van der Waals surface area contributed by atoms with Crippen LogP contribution in [-0.2, 0) is 11.8 Å². The van der Waals surface area contributed by atoms with Crippen LogP contribution < -0.4 is 4.74 Å². The van der Waals surface area contributed by atoms with Gasteiger partial charge in [-0.3, -0.25) is 4.57 Å². The number of ether oxygens (including phenoxy) is 1. The molecule has 0 spiro atoms. The quantitative estimate of drug-likeness (QED) is 0.140. The summed E-state index contributed by atoms with van der Waals surface area (Å²) in [6.07, 6.45) is 6.73. The Kier molecular flexibility index (Phi) is 10.1. The Morgan fingerprint density at radius 3 is 2.24 bits per heavy atom. The summed E-state index contributed by atoms with van der Waals surface area (Å²) in [6, 6.07) is 26.0. The minimum absolute atomic E-state index is 0.0924. The van der Waals surface area contributed by atoms with Crippen LogP contribution in [0.5, 0.6) is 11.5 Å². The maximum atomic E-state index is 6.86. The second kappa shape index (κ2) is 14.5. The number of allylic oxidation sites excluding steroid dienone is 2. The number of hydrogen-bond donors (Lipinski definition) is 0. The van der Waals surface area contributed by atoms with Crippen LogP contribution in [0.25, 0.3) is 33.3 Å². The fourth-order valence-electron chi connectivity index (χ4n) is 8.92. The average molecular weight is 721 g/mol. The van der Waals surface area contributed by atoms with Gasteiger partial charge in [0.15, 0.2) is 0 Å². The molecule has 0 fully saturated rings. The standard InChI is InChI=1S/C49H60N4O/c1-13-34-20-21-50-46(22-34)52-44-17-15-14-16-40(44)41-19-18-38(28-45(41)52)54-39-26-36(49(10,11)12)25-37(27-39)53-33(9)47(32(8)51-53)48-42(30(4)5)23-35(29(2)3)24-43(48)31(6)7/h14-23,25-31,35,43,48H,13,24H2,1-12H3/t35-,43+,48?/m0/s1. The predicted octanol–water partition coefficient (Wildman–Crippen LogP) is 13.2. The average Bonchev–Trinajstić information content (AvgIpc) is 3.62. The molecule has 0 saturated carbocycles. The molecule has 6 aromatic rings. The summed E-state index contributed by atoms with van der Waals surface area (Å²) in [5, 5.41) is 7.70. The Morgan fingerprint density at radius 1 is 0.815 bits per heavy atom. The minimum atomic E-state index is -0.0924. The molecule has 1 unspecified atom stereocenters. The van der Waals surface area contributed by atoms with Crippen molar-refractivity contribution in [2.45, 2.75) is 107 Å². The predicted molar refractivity (Wildman–Crippen MR) is 227 cm³/mol. The second-order valence-electron chi connectivity index (χ2n) is 17.8. The van der Waals surface area contributed by atoms with Crippen LogP contribution in [0.3, 0.4) is 0 Å². The Balaban J connectivity index is 1.34. The third-order valence-electron chi connectivity index (χ3n) is 12.1. The van der Waals surface area contributed by atoms with E-state index < -0.39 is 0 Å². The molecule has 3 heterocycles. The first-order valence-corrected chi connectivity index (χ1v) is 20.3. The normalized spacial score (nSPS) is 18.1. The Labute approximate surface area is 323 Å². The van der Waals surface area contributed by atoms with Crippen LogP contribution in [-0.4, -0.2) is 19.3 Å². The van der Waals surface area contributed by atoms with Gasteiger partial charge in [-0.1, -0.05) is 99.1 Å². The molecule has 54 heavy (non-hydrogen) atoms. The molecular weight excluding hydrogens is 661 g/mol. The molecule has 3 aromatic carbocycles. The third kappa shape index (κ3) is 6.91. The zero-order valence-corrected chi connectivity index (χ0v) is 34.7. The number of aryl methyl sites for hydroxylation is 2. The number of pyridine rings is 1. The van der Waals surface area contributed by atoms with Crippen molar-refractivity contribution >= 4 is 21.8 Å². The number of nitrogens with zero attached hydrogens (tertiary/aromatic N) is 4. The van der Waals surface area contributed by atoms with Gasteiger partial charge in [-0.25, -0.2) is 9.67 Å². The largest absolute Gasteiger partial charge is 0.457 e. The fraction of sp³-hybridized carbons (Fsp3) is 0.429. The van der Waals surface area contributed by atoms with E-state index >= 15 is 0 Å². The molecular formula is C49H60N4O. The van der Waals surface area contributed by atoms with E-state index in [0.29, 0.717) is 35.5 Å². The second-order valence-corrected chi connectivity index (χ2v) is 17.8. The van der Waals surface area contributed by atoms with Gasteiger partial charge in [0, 0.05) is 46.3 Å². The number of benzene rings is 3. The summed E-state index contributed by atoms with van der Waals surface area (Å²) in [7, 11) is 0. The molecule has 0 N–H and O–H groups in total. The topological polar surface area (TPSA) is 44.9 Å². The highest BCUT2D eigenvalue weighted by molar-refractivity contribution is 6.09. The molecule has 3 atom stereocenters. The smallest absolute Gasteiger partial charge is 0.137 e. The van der Waals surface area contributed by atoms with E-state index in [2.05, 4.69) is 171 Å². The van der Waals surface area contributed by atoms with Gasteiger partial charge in [0.2, 0.25) is 0 Å². The monoisotopic (exact) mass is 720 g/mol. The lowest BCUT2D eigenvalue weighted by atomic mass is 9.63. The number of hydrogen-bond acceptors (Lipinski definition) is 3. The van der Waals surface area contributed by atoms with Crippen molar-refractivity contribution in [3.8, 4) is 23.0 Å². The van der Waals surface area contributed by atoms with Gasteiger partial charge in [0.1, 0.15) is 17.3 Å². The van der Waals surface area contributed by atoms with E-state index in [4.69, 9.17) is 14.8 Å². The highest BCUT2D eigenvalue weighted by Gasteiger charge is 2.39. The van der Waals surface area contributed by atoms with E-state index in [1.165, 1.54) is 39.6 Å². The van der Waals surface area contributed by atoms with Crippen molar-refractivity contribution < 1.29 is 4.74 Å². The van der Waals surface area contributed by atoms with E-state index in [1.807, 2.05) is 6.20 Å². The van der Waals surface area contributed by atoms with E-state index in [0.717, 1.165) is 46.2 Å². The lowest BCUT2D eigenvalue weighted by Gasteiger charge is -2.41. The van der Waals surface area contributed by atoms with E-state index in [9.17, 15) is 0 Å².